The summed E-state index contributed by atoms with van der Waals surface area (Å²) in [6.07, 6.45) is 1.36. The van der Waals surface area contributed by atoms with Crippen LogP contribution in [0.2, 0.25) is 0 Å². The second-order valence-electron chi connectivity index (χ2n) is 2.98. The van der Waals surface area contributed by atoms with Crippen LogP contribution >= 0.6 is 0 Å². The van der Waals surface area contributed by atoms with E-state index in [0.29, 0.717) is 19.3 Å². The van der Waals surface area contributed by atoms with Crippen LogP contribution in [0.3, 0.4) is 0 Å². The predicted octanol–water partition coefficient (Wildman–Crippen LogP) is 1.52. The molecule has 0 aliphatic carbocycles. The largest absolute Gasteiger partial charge is 0.382 e. The van der Waals surface area contributed by atoms with Crippen LogP contribution in [-0.2, 0) is 4.79 Å². The van der Waals surface area contributed by atoms with Gasteiger partial charge >= 0.3 is 0 Å². The van der Waals surface area contributed by atoms with E-state index in [2.05, 4.69) is 11.8 Å². The van der Waals surface area contributed by atoms with Crippen LogP contribution in [0.25, 0.3) is 0 Å². The fraction of sp³-hybridized carbons (Fsp3) is 0.700. The molecule has 2 heteroatoms. The molecule has 0 aromatic carbocycles. The Labute approximate surface area is 74.0 Å². The minimum Gasteiger partial charge on any atom is -0.382 e. The normalized spacial score (nSPS) is 14.3. The highest BCUT2D eigenvalue weighted by molar-refractivity contribution is 5.86. The second-order valence-corrected chi connectivity index (χ2v) is 2.98. The van der Waals surface area contributed by atoms with E-state index in [1.165, 1.54) is 0 Å². The quantitative estimate of drug-likeness (QED) is 0.646. The van der Waals surface area contributed by atoms with Crippen LogP contribution in [0.1, 0.15) is 40.0 Å². The second kappa shape index (κ2) is 4.95. The van der Waals surface area contributed by atoms with E-state index in [-0.39, 0.29) is 5.78 Å². The van der Waals surface area contributed by atoms with Crippen molar-refractivity contribution >= 4 is 5.78 Å². The minimum absolute atomic E-state index is 0.118. The van der Waals surface area contributed by atoms with Gasteiger partial charge < -0.3 is 5.11 Å². The molecule has 0 radical (unpaired) electrons. The van der Waals surface area contributed by atoms with Crippen LogP contribution in [0, 0.1) is 11.8 Å². The standard InChI is InChI=1S/C10H16O2/c1-4-6-7-8-9(11)10(3,12)5-2/h12H,5,7-8H2,1-3H3. The van der Waals surface area contributed by atoms with Gasteiger partial charge in [-0.15, -0.1) is 11.8 Å². The first-order chi connectivity index (χ1) is 5.54. The Morgan fingerprint density at radius 3 is 2.58 bits per heavy atom. The molecular formula is C10H16O2. The summed E-state index contributed by atoms with van der Waals surface area (Å²) in [5, 5.41) is 9.49. The molecule has 0 amide bonds. The first-order valence-corrected chi connectivity index (χ1v) is 4.20. The first-order valence-electron chi connectivity index (χ1n) is 4.20. The average Bonchev–Trinajstić information content (AvgIpc) is 2.05. The predicted molar refractivity (Wildman–Crippen MR) is 48.6 cm³/mol. The lowest BCUT2D eigenvalue weighted by Gasteiger charge is -2.18. The maximum Gasteiger partial charge on any atom is 0.164 e. The van der Waals surface area contributed by atoms with E-state index in [1.54, 1.807) is 20.8 Å². The molecule has 0 heterocycles. The van der Waals surface area contributed by atoms with Crippen molar-refractivity contribution in [3.8, 4) is 11.8 Å². The minimum atomic E-state index is -1.16. The van der Waals surface area contributed by atoms with E-state index < -0.39 is 5.60 Å². The molecule has 1 unspecified atom stereocenters. The van der Waals surface area contributed by atoms with Crippen molar-refractivity contribution in [3.63, 3.8) is 0 Å². The highest BCUT2D eigenvalue weighted by atomic mass is 16.3. The van der Waals surface area contributed by atoms with Crippen LogP contribution < -0.4 is 0 Å². The molecule has 68 valence electrons. The fourth-order valence-corrected chi connectivity index (χ4v) is 0.767. The molecular weight excluding hydrogens is 152 g/mol. The summed E-state index contributed by atoms with van der Waals surface area (Å²) in [4.78, 5) is 11.3. The van der Waals surface area contributed by atoms with Gasteiger partial charge in [-0.1, -0.05) is 6.92 Å². The Morgan fingerprint density at radius 1 is 1.58 bits per heavy atom. The summed E-state index contributed by atoms with van der Waals surface area (Å²) >= 11 is 0. The van der Waals surface area contributed by atoms with Crippen molar-refractivity contribution in [2.45, 2.75) is 45.6 Å². The third-order valence-electron chi connectivity index (χ3n) is 1.94. The zero-order chi connectivity index (χ0) is 9.61. The molecule has 0 fully saturated rings. The maximum atomic E-state index is 11.3. The van der Waals surface area contributed by atoms with Gasteiger partial charge in [0.15, 0.2) is 5.78 Å². The molecule has 2 nitrogen and oxygen atoms in total. The van der Waals surface area contributed by atoms with Crippen LogP contribution in [0.4, 0.5) is 0 Å². The summed E-state index contributed by atoms with van der Waals surface area (Å²) in [5.74, 6) is 5.38. The third-order valence-corrected chi connectivity index (χ3v) is 1.94. The number of ketones is 1. The molecule has 0 bridgehead atoms. The first kappa shape index (κ1) is 11.2. The summed E-state index contributed by atoms with van der Waals surface area (Å²) in [6.45, 7) is 5.08. The van der Waals surface area contributed by atoms with E-state index in [1.807, 2.05) is 0 Å². The summed E-state index contributed by atoms with van der Waals surface area (Å²) in [6, 6.07) is 0. The molecule has 0 saturated heterocycles. The van der Waals surface area contributed by atoms with Crippen LogP contribution in [0.5, 0.6) is 0 Å². The van der Waals surface area contributed by atoms with Gasteiger partial charge in [-0.25, -0.2) is 0 Å². The highest BCUT2D eigenvalue weighted by Gasteiger charge is 2.26. The SMILES string of the molecule is CC#CCCC(=O)C(C)(O)CC. The lowest BCUT2D eigenvalue weighted by molar-refractivity contribution is -0.135. The van der Waals surface area contributed by atoms with Gasteiger partial charge in [-0.2, -0.15) is 0 Å². The van der Waals surface area contributed by atoms with Crippen LogP contribution in [-0.4, -0.2) is 16.5 Å². The van der Waals surface area contributed by atoms with Gasteiger partial charge in [-0.05, 0) is 20.3 Å². The van der Waals surface area contributed by atoms with E-state index in [0.717, 1.165) is 0 Å². The lowest BCUT2D eigenvalue weighted by Crippen LogP contribution is -2.33. The monoisotopic (exact) mass is 168 g/mol. The van der Waals surface area contributed by atoms with Crippen molar-refractivity contribution in [2.24, 2.45) is 0 Å². The molecule has 0 aromatic heterocycles. The molecule has 0 rings (SSSR count). The van der Waals surface area contributed by atoms with Crippen molar-refractivity contribution in [1.29, 1.82) is 0 Å². The van der Waals surface area contributed by atoms with Gasteiger partial charge in [0.05, 0.1) is 0 Å². The van der Waals surface area contributed by atoms with Crippen molar-refractivity contribution < 1.29 is 9.90 Å². The third kappa shape index (κ3) is 3.54. The molecule has 0 aliphatic rings. The molecule has 0 aromatic rings. The van der Waals surface area contributed by atoms with E-state index >= 15 is 0 Å². The Balaban J connectivity index is 3.93. The average molecular weight is 168 g/mol. The molecule has 1 N–H and O–H groups in total. The number of hydrogen-bond acceptors (Lipinski definition) is 2. The van der Waals surface area contributed by atoms with Gasteiger partial charge in [0.25, 0.3) is 0 Å². The number of aliphatic hydroxyl groups is 1. The highest BCUT2D eigenvalue weighted by Crippen LogP contribution is 2.12. The van der Waals surface area contributed by atoms with Gasteiger partial charge in [-0.3, -0.25) is 4.79 Å². The van der Waals surface area contributed by atoms with Gasteiger partial charge in [0.1, 0.15) is 5.60 Å². The number of rotatable bonds is 4. The number of Topliss-reactive ketones (excluding diaryl/α,β-unsaturated/α-hetero) is 1. The van der Waals surface area contributed by atoms with E-state index in [4.69, 9.17) is 0 Å². The maximum absolute atomic E-state index is 11.3. The smallest absolute Gasteiger partial charge is 0.164 e. The summed E-state index contributed by atoms with van der Waals surface area (Å²) in [5.41, 5.74) is -1.16. The molecule has 1 atom stereocenters. The van der Waals surface area contributed by atoms with Crippen molar-refractivity contribution in [1.82, 2.24) is 0 Å². The summed E-state index contributed by atoms with van der Waals surface area (Å²) in [7, 11) is 0. The lowest BCUT2D eigenvalue weighted by atomic mass is 9.95. The van der Waals surface area contributed by atoms with Crippen molar-refractivity contribution in [2.75, 3.05) is 0 Å². The Morgan fingerprint density at radius 2 is 2.17 bits per heavy atom. The van der Waals surface area contributed by atoms with Gasteiger partial charge in [0, 0.05) is 12.8 Å². The molecule has 12 heavy (non-hydrogen) atoms. The van der Waals surface area contributed by atoms with Crippen molar-refractivity contribution in [3.05, 3.63) is 0 Å². The van der Waals surface area contributed by atoms with E-state index in [9.17, 15) is 9.90 Å². The zero-order valence-electron chi connectivity index (χ0n) is 7.98. The van der Waals surface area contributed by atoms with Crippen LogP contribution in [0.15, 0.2) is 0 Å². The Bertz CT molecular complexity index is 206. The molecule has 0 spiro atoms. The number of carbonyl (C=O) groups is 1. The molecule has 0 aliphatic heterocycles. The topological polar surface area (TPSA) is 37.3 Å². The Kier molecular flexibility index (Phi) is 4.61. The fourth-order valence-electron chi connectivity index (χ4n) is 0.767. The zero-order valence-corrected chi connectivity index (χ0v) is 7.98. The summed E-state index contributed by atoms with van der Waals surface area (Å²) < 4.78 is 0. The van der Waals surface area contributed by atoms with Gasteiger partial charge in [0.2, 0.25) is 0 Å². The Hall–Kier alpha value is -0.810. The molecule has 0 saturated carbocycles. The number of hydrogen-bond donors (Lipinski definition) is 1. The number of carbonyl (C=O) groups excluding carboxylic acids is 1.